The van der Waals surface area contributed by atoms with Gasteiger partial charge in [-0.3, -0.25) is 0 Å². The lowest BCUT2D eigenvalue weighted by Crippen LogP contribution is -2.13. The molecule has 0 aromatic heterocycles. The fourth-order valence-electron chi connectivity index (χ4n) is 2.18. The zero-order valence-corrected chi connectivity index (χ0v) is 16.3. The number of rotatable bonds is 2. The molecule has 0 heterocycles. The molecule has 140 valence electrons. The van der Waals surface area contributed by atoms with Crippen molar-refractivity contribution in [2.75, 3.05) is 14.2 Å². The van der Waals surface area contributed by atoms with E-state index in [2.05, 4.69) is 23.7 Å². The van der Waals surface area contributed by atoms with Gasteiger partial charge in [0.1, 0.15) is 11.1 Å². The average Bonchev–Trinajstić information content (AvgIpc) is 2.71. The second kappa shape index (κ2) is 9.80. The van der Waals surface area contributed by atoms with Crippen molar-refractivity contribution < 1.29 is 19.1 Å². The number of carbonyl (C=O) groups is 2. The van der Waals surface area contributed by atoms with Crippen molar-refractivity contribution in [3.63, 3.8) is 0 Å². The summed E-state index contributed by atoms with van der Waals surface area (Å²) in [5, 5.41) is 0. The maximum Gasteiger partial charge on any atom is 0.348 e. The molecule has 0 amide bonds. The van der Waals surface area contributed by atoms with Gasteiger partial charge in [-0.05, 0) is 38.1 Å². The van der Waals surface area contributed by atoms with Crippen molar-refractivity contribution in [1.82, 2.24) is 0 Å². The third-order valence-corrected chi connectivity index (χ3v) is 3.80. The highest BCUT2D eigenvalue weighted by molar-refractivity contribution is 6.06. The molecule has 4 heteroatoms. The molecule has 2 aromatic carbocycles. The molecule has 0 N–H and O–H groups in total. The summed E-state index contributed by atoms with van der Waals surface area (Å²) in [5.74, 6) is 9.67. The van der Waals surface area contributed by atoms with Crippen LogP contribution in [0.25, 0.3) is 0 Å². The Balaban J connectivity index is 2.56. The van der Waals surface area contributed by atoms with Gasteiger partial charge in [0.25, 0.3) is 0 Å². The fourth-order valence-corrected chi connectivity index (χ4v) is 2.18. The Morgan fingerprint density at radius 2 is 0.964 bits per heavy atom. The van der Waals surface area contributed by atoms with E-state index in [4.69, 9.17) is 9.47 Å². The highest BCUT2D eigenvalue weighted by atomic mass is 16.5. The molecule has 2 aromatic rings. The monoisotopic (exact) mass is 372 g/mol. The Hall–Kier alpha value is -3.76. The van der Waals surface area contributed by atoms with Crippen LogP contribution in [0.5, 0.6) is 0 Å². The Labute approximate surface area is 165 Å². The minimum atomic E-state index is -0.752. The Kier molecular flexibility index (Phi) is 7.20. The Morgan fingerprint density at radius 1 is 0.643 bits per heavy atom. The van der Waals surface area contributed by atoms with Crippen LogP contribution in [0.2, 0.25) is 0 Å². The molecular formula is C24H20O4. The van der Waals surface area contributed by atoms with Crippen LogP contribution < -0.4 is 0 Å². The number of methoxy groups -OCH3 is 2. The van der Waals surface area contributed by atoms with E-state index in [1.165, 1.54) is 14.2 Å². The molecule has 0 bridgehead atoms. The van der Waals surface area contributed by atoms with Gasteiger partial charge in [0.2, 0.25) is 0 Å². The van der Waals surface area contributed by atoms with Gasteiger partial charge in [0, 0.05) is 11.1 Å². The molecule has 28 heavy (non-hydrogen) atoms. The molecule has 0 aliphatic carbocycles. The van der Waals surface area contributed by atoms with Crippen molar-refractivity contribution in [1.29, 1.82) is 0 Å². The maximum atomic E-state index is 12.2. The topological polar surface area (TPSA) is 52.6 Å². The third kappa shape index (κ3) is 5.62. The molecule has 0 saturated heterocycles. The number of benzene rings is 2. The van der Waals surface area contributed by atoms with E-state index in [1.807, 2.05) is 62.4 Å². The number of ether oxygens (including phenoxy) is 2. The summed E-state index contributed by atoms with van der Waals surface area (Å²) in [4.78, 5) is 24.5. The van der Waals surface area contributed by atoms with E-state index in [9.17, 15) is 9.59 Å². The fraction of sp³-hybridized carbons (Fsp3) is 0.167. The van der Waals surface area contributed by atoms with E-state index in [0.29, 0.717) is 11.1 Å². The molecule has 4 nitrogen and oxygen atoms in total. The molecule has 0 saturated carbocycles. The normalized spacial score (nSPS) is 10.4. The lowest BCUT2D eigenvalue weighted by atomic mass is 10.1. The molecular weight excluding hydrogens is 352 g/mol. The lowest BCUT2D eigenvalue weighted by molar-refractivity contribution is -0.138. The molecule has 0 aliphatic rings. The van der Waals surface area contributed by atoms with Gasteiger partial charge in [-0.25, -0.2) is 9.59 Å². The van der Waals surface area contributed by atoms with Crippen molar-refractivity contribution in [3.05, 3.63) is 81.9 Å². The quantitative estimate of drug-likeness (QED) is 0.461. The highest BCUT2D eigenvalue weighted by Crippen LogP contribution is 2.10. The van der Waals surface area contributed by atoms with Crippen LogP contribution in [-0.4, -0.2) is 26.2 Å². The average molecular weight is 372 g/mol. The summed E-state index contributed by atoms with van der Waals surface area (Å²) in [6.07, 6.45) is 0. The van der Waals surface area contributed by atoms with E-state index < -0.39 is 11.9 Å². The summed E-state index contributed by atoms with van der Waals surface area (Å²) in [6.45, 7) is 3.93. The summed E-state index contributed by atoms with van der Waals surface area (Å²) in [6, 6.07) is 14.9. The van der Waals surface area contributed by atoms with E-state index in [1.54, 1.807) is 0 Å². The summed E-state index contributed by atoms with van der Waals surface area (Å²) in [5.41, 5.74) is 3.29. The van der Waals surface area contributed by atoms with Crippen LogP contribution in [0.15, 0.2) is 59.7 Å². The van der Waals surface area contributed by atoms with Gasteiger partial charge in [0.15, 0.2) is 0 Å². The molecule has 0 unspecified atom stereocenters. The van der Waals surface area contributed by atoms with Crippen molar-refractivity contribution in [2.24, 2.45) is 0 Å². The van der Waals surface area contributed by atoms with E-state index in [-0.39, 0.29) is 11.1 Å². The van der Waals surface area contributed by atoms with Crippen LogP contribution in [0, 0.1) is 37.5 Å². The SMILES string of the molecule is COC(=O)/C(C#Cc1ccc(C)cc1)=C(\C#Cc1ccc(C)cc1)C(=O)OC. The summed E-state index contributed by atoms with van der Waals surface area (Å²) in [7, 11) is 2.44. The Morgan fingerprint density at radius 3 is 1.25 bits per heavy atom. The van der Waals surface area contributed by atoms with Gasteiger partial charge >= 0.3 is 11.9 Å². The van der Waals surface area contributed by atoms with Gasteiger partial charge in [0.05, 0.1) is 14.2 Å². The largest absolute Gasteiger partial charge is 0.465 e. The van der Waals surface area contributed by atoms with Crippen LogP contribution >= 0.6 is 0 Å². The molecule has 2 rings (SSSR count). The van der Waals surface area contributed by atoms with Crippen molar-refractivity contribution in [3.8, 4) is 23.7 Å². The standard InChI is InChI=1S/C24H20O4/c1-17-5-9-19(10-6-17)13-15-21(23(25)27-3)22(24(26)28-4)16-14-20-11-7-18(2)8-12-20/h5-12H,1-4H3/b22-21+. The second-order valence-electron chi connectivity index (χ2n) is 5.97. The smallest absolute Gasteiger partial charge is 0.348 e. The van der Waals surface area contributed by atoms with Gasteiger partial charge in [-0.15, -0.1) is 0 Å². The van der Waals surface area contributed by atoms with Gasteiger partial charge in [-0.2, -0.15) is 0 Å². The molecule has 0 aliphatic heterocycles. The number of hydrogen-bond acceptors (Lipinski definition) is 4. The zero-order chi connectivity index (χ0) is 20.5. The number of hydrogen-bond donors (Lipinski definition) is 0. The first-order valence-electron chi connectivity index (χ1n) is 8.53. The van der Waals surface area contributed by atoms with E-state index >= 15 is 0 Å². The van der Waals surface area contributed by atoms with Crippen molar-refractivity contribution in [2.45, 2.75) is 13.8 Å². The van der Waals surface area contributed by atoms with Crippen LogP contribution in [0.1, 0.15) is 22.3 Å². The number of aryl methyl sites for hydroxylation is 2. The molecule has 0 radical (unpaired) electrons. The molecule has 0 fully saturated rings. The van der Waals surface area contributed by atoms with Crippen LogP contribution in [0.4, 0.5) is 0 Å². The third-order valence-electron chi connectivity index (χ3n) is 3.80. The maximum absolute atomic E-state index is 12.2. The van der Waals surface area contributed by atoms with Crippen LogP contribution in [-0.2, 0) is 19.1 Å². The molecule has 0 spiro atoms. The minimum Gasteiger partial charge on any atom is -0.465 e. The first-order chi connectivity index (χ1) is 13.4. The Bertz CT molecular complexity index is 933. The minimum absolute atomic E-state index is 0.144. The summed E-state index contributed by atoms with van der Waals surface area (Å²) < 4.78 is 9.58. The van der Waals surface area contributed by atoms with Gasteiger partial charge in [-0.1, -0.05) is 59.1 Å². The van der Waals surface area contributed by atoms with Gasteiger partial charge < -0.3 is 9.47 Å². The second-order valence-corrected chi connectivity index (χ2v) is 5.97. The number of carbonyl (C=O) groups excluding carboxylic acids is 2. The highest BCUT2D eigenvalue weighted by Gasteiger charge is 2.20. The van der Waals surface area contributed by atoms with E-state index in [0.717, 1.165) is 11.1 Å². The summed E-state index contributed by atoms with van der Waals surface area (Å²) >= 11 is 0. The molecule has 0 atom stereocenters. The van der Waals surface area contributed by atoms with Crippen molar-refractivity contribution >= 4 is 11.9 Å². The number of esters is 2. The predicted molar refractivity (Wildman–Crippen MR) is 107 cm³/mol. The first-order valence-corrected chi connectivity index (χ1v) is 8.53. The van der Waals surface area contributed by atoms with Crippen LogP contribution in [0.3, 0.4) is 0 Å². The lowest BCUT2D eigenvalue weighted by Gasteiger charge is -2.03. The first kappa shape index (κ1) is 20.6. The zero-order valence-electron chi connectivity index (χ0n) is 16.3. The predicted octanol–water partition coefficient (Wildman–Crippen LogP) is 3.35.